The fourth-order valence-electron chi connectivity index (χ4n) is 2.97. The molecule has 4 heteroatoms. The highest BCUT2D eigenvalue weighted by Gasteiger charge is 2.22. The van der Waals surface area contributed by atoms with Crippen LogP contribution in [0.25, 0.3) is 11.0 Å². The fourth-order valence-corrected chi connectivity index (χ4v) is 4.22. The van der Waals surface area contributed by atoms with Gasteiger partial charge in [0.25, 0.3) is 0 Å². The average Bonchev–Trinajstić information content (AvgIpc) is 2.80. The molecule has 0 unspecified atom stereocenters. The number of thioether (sulfide) groups is 1. The van der Waals surface area contributed by atoms with E-state index in [-0.39, 0.29) is 0 Å². The molecule has 1 aromatic carbocycles. The first-order valence-corrected chi connectivity index (χ1v) is 8.60. The molecule has 0 radical (unpaired) electrons. The predicted octanol–water partition coefficient (Wildman–Crippen LogP) is 4.19. The van der Waals surface area contributed by atoms with Gasteiger partial charge in [0.2, 0.25) is 0 Å². The predicted molar refractivity (Wildman–Crippen MR) is 84.5 cm³/mol. The summed E-state index contributed by atoms with van der Waals surface area (Å²) in [5, 5.41) is 0. The van der Waals surface area contributed by atoms with Gasteiger partial charge in [-0.2, -0.15) is 11.8 Å². The van der Waals surface area contributed by atoms with E-state index in [1.165, 1.54) is 35.4 Å². The summed E-state index contributed by atoms with van der Waals surface area (Å²) < 4.78 is 2.48. The van der Waals surface area contributed by atoms with Crippen molar-refractivity contribution in [2.45, 2.75) is 32.2 Å². The molecule has 0 amide bonds. The Hall–Kier alpha value is -0.670. The van der Waals surface area contributed by atoms with Gasteiger partial charge in [0.05, 0.1) is 11.0 Å². The maximum Gasteiger partial charge on any atom is 0.111 e. The number of benzene rings is 1. The van der Waals surface area contributed by atoms with Gasteiger partial charge in [-0.25, -0.2) is 4.98 Å². The summed E-state index contributed by atoms with van der Waals surface area (Å²) in [7, 11) is 0. The van der Waals surface area contributed by atoms with E-state index in [4.69, 9.17) is 16.6 Å². The fraction of sp³-hybridized carbons (Fsp3) is 0.533. The lowest BCUT2D eigenvalue weighted by molar-refractivity contribution is 0.466. The topological polar surface area (TPSA) is 17.8 Å². The summed E-state index contributed by atoms with van der Waals surface area (Å²) in [6.45, 7) is 2.18. The molecule has 0 saturated carbocycles. The second-order valence-electron chi connectivity index (χ2n) is 5.12. The lowest BCUT2D eigenvalue weighted by Gasteiger charge is -2.25. The largest absolute Gasteiger partial charge is 0.325 e. The Labute approximate surface area is 123 Å². The van der Waals surface area contributed by atoms with Gasteiger partial charge >= 0.3 is 0 Å². The lowest BCUT2D eigenvalue weighted by atomic mass is 10.1. The highest BCUT2D eigenvalue weighted by molar-refractivity contribution is 7.99. The Morgan fingerprint density at radius 2 is 2.16 bits per heavy atom. The number of alkyl halides is 1. The van der Waals surface area contributed by atoms with E-state index in [2.05, 4.69) is 41.5 Å². The third-order valence-corrected chi connectivity index (χ3v) is 5.10. The zero-order valence-corrected chi connectivity index (χ0v) is 12.8. The molecule has 0 spiro atoms. The van der Waals surface area contributed by atoms with Crippen molar-refractivity contribution in [3.8, 4) is 0 Å². The smallest absolute Gasteiger partial charge is 0.111 e. The van der Waals surface area contributed by atoms with E-state index >= 15 is 0 Å². The number of imidazole rings is 1. The minimum Gasteiger partial charge on any atom is -0.325 e. The molecule has 3 rings (SSSR count). The van der Waals surface area contributed by atoms with E-state index < -0.39 is 0 Å². The summed E-state index contributed by atoms with van der Waals surface area (Å²) in [6.07, 6.45) is 3.36. The zero-order chi connectivity index (χ0) is 13.2. The SMILES string of the molecule is Cc1cccc2nc(CCCl)n(C3CCSCC3)c12. The second kappa shape index (κ2) is 5.76. The van der Waals surface area contributed by atoms with Crippen molar-refractivity contribution >= 4 is 34.4 Å². The van der Waals surface area contributed by atoms with Gasteiger partial charge in [-0.3, -0.25) is 0 Å². The van der Waals surface area contributed by atoms with Gasteiger partial charge in [0, 0.05) is 18.3 Å². The zero-order valence-electron chi connectivity index (χ0n) is 11.2. The van der Waals surface area contributed by atoms with Gasteiger partial charge in [0.1, 0.15) is 5.82 Å². The summed E-state index contributed by atoms with van der Waals surface area (Å²) in [5.41, 5.74) is 3.77. The number of hydrogen-bond donors (Lipinski definition) is 0. The van der Waals surface area contributed by atoms with Crippen molar-refractivity contribution in [1.82, 2.24) is 9.55 Å². The monoisotopic (exact) mass is 294 g/mol. The summed E-state index contributed by atoms with van der Waals surface area (Å²) in [6, 6.07) is 7.00. The summed E-state index contributed by atoms with van der Waals surface area (Å²) in [4.78, 5) is 4.81. The Balaban J connectivity index is 2.14. The molecule has 0 atom stereocenters. The molecule has 0 N–H and O–H groups in total. The molecule has 0 bridgehead atoms. The van der Waals surface area contributed by atoms with E-state index in [1.807, 2.05) is 0 Å². The van der Waals surface area contributed by atoms with Crippen LogP contribution in [0.15, 0.2) is 18.2 Å². The highest BCUT2D eigenvalue weighted by Crippen LogP contribution is 2.32. The van der Waals surface area contributed by atoms with Crippen LogP contribution in [0.4, 0.5) is 0 Å². The van der Waals surface area contributed by atoms with Gasteiger partial charge in [-0.1, -0.05) is 12.1 Å². The van der Waals surface area contributed by atoms with Crippen LogP contribution in [0.1, 0.15) is 30.3 Å². The molecular formula is C15H19ClN2S. The highest BCUT2D eigenvalue weighted by atomic mass is 35.5. The first-order valence-electron chi connectivity index (χ1n) is 6.91. The molecule has 2 aromatic rings. The van der Waals surface area contributed by atoms with Gasteiger partial charge in [-0.15, -0.1) is 11.6 Å². The first-order chi connectivity index (χ1) is 9.31. The molecule has 0 aliphatic carbocycles. The molecule has 1 fully saturated rings. The van der Waals surface area contributed by atoms with Crippen molar-refractivity contribution < 1.29 is 0 Å². The van der Waals surface area contributed by atoms with Crippen molar-refractivity contribution in [2.24, 2.45) is 0 Å². The molecule has 1 aliphatic rings. The minimum atomic E-state index is 0.602. The van der Waals surface area contributed by atoms with Crippen molar-refractivity contribution in [3.63, 3.8) is 0 Å². The summed E-state index contributed by atoms with van der Waals surface area (Å²) >= 11 is 8.02. The lowest BCUT2D eigenvalue weighted by Crippen LogP contribution is -2.18. The molecule has 102 valence electrons. The molecule has 1 saturated heterocycles. The van der Waals surface area contributed by atoms with E-state index in [9.17, 15) is 0 Å². The van der Waals surface area contributed by atoms with Crippen LogP contribution in [-0.4, -0.2) is 26.9 Å². The van der Waals surface area contributed by atoms with Crippen molar-refractivity contribution in [1.29, 1.82) is 0 Å². The van der Waals surface area contributed by atoms with Crippen LogP contribution in [0.5, 0.6) is 0 Å². The standard InChI is InChI=1S/C15H19ClN2S/c1-11-3-2-4-13-15(11)18(14(17-13)5-8-16)12-6-9-19-10-7-12/h2-4,12H,5-10H2,1H3. The maximum atomic E-state index is 5.96. The summed E-state index contributed by atoms with van der Waals surface area (Å²) in [5.74, 6) is 4.33. The number of para-hydroxylation sites is 1. The Morgan fingerprint density at radius 3 is 2.89 bits per heavy atom. The Morgan fingerprint density at radius 1 is 1.37 bits per heavy atom. The molecule has 2 nitrogen and oxygen atoms in total. The van der Waals surface area contributed by atoms with Gasteiger partial charge in [-0.05, 0) is 42.9 Å². The van der Waals surface area contributed by atoms with E-state index in [1.54, 1.807) is 0 Å². The van der Waals surface area contributed by atoms with Gasteiger partial charge < -0.3 is 4.57 Å². The maximum absolute atomic E-state index is 5.96. The number of rotatable bonds is 3. The minimum absolute atomic E-state index is 0.602. The normalized spacial score (nSPS) is 17.2. The molecule has 1 aromatic heterocycles. The molecule has 2 heterocycles. The number of nitrogens with zero attached hydrogens (tertiary/aromatic N) is 2. The number of hydrogen-bond acceptors (Lipinski definition) is 2. The van der Waals surface area contributed by atoms with Crippen LogP contribution in [-0.2, 0) is 6.42 Å². The third-order valence-electron chi connectivity index (χ3n) is 3.86. The van der Waals surface area contributed by atoms with Crippen LogP contribution in [0.3, 0.4) is 0 Å². The van der Waals surface area contributed by atoms with Crippen LogP contribution in [0.2, 0.25) is 0 Å². The average molecular weight is 295 g/mol. The number of halogens is 1. The van der Waals surface area contributed by atoms with E-state index in [0.717, 1.165) is 17.8 Å². The molecule has 19 heavy (non-hydrogen) atoms. The number of aryl methyl sites for hydroxylation is 2. The third kappa shape index (κ3) is 2.50. The number of fused-ring (bicyclic) bond motifs is 1. The molecular weight excluding hydrogens is 276 g/mol. The van der Waals surface area contributed by atoms with Gasteiger partial charge in [0.15, 0.2) is 0 Å². The number of aromatic nitrogens is 2. The quantitative estimate of drug-likeness (QED) is 0.790. The van der Waals surface area contributed by atoms with Crippen LogP contribution >= 0.6 is 23.4 Å². The Bertz CT molecular complexity index is 573. The van der Waals surface area contributed by atoms with Crippen LogP contribution in [0, 0.1) is 6.92 Å². The first kappa shape index (κ1) is 13.3. The Kier molecular flexibility index (Phi) is 4.04. The van der Waals surface area contributed by atoms with E-state index in [0.29, 0.717) is 11.9 Å². The second-order valence-corrected chi connectivity index (χ2v) is 6.73. The van der Waals surface area contributed by atoms with Crippen molar-refractivity contribution in [2.75, 3.05) is 17.4 Å². The van der Waals surface area contributed by atoms with Crippen molar-refractivity contribution in [3.05, 3.63) is 29.6 Å². The van der Waals surface area contributed by atoms with Crippen LogP contribution < -0.4 is 0 Å². The molecule has 1 aliphatic heterocycles.